The number of hydrogen-bond donors (Lipinski definition) is 3. The maximum absolute atomic E-state index is 12.5. The van der Waals surface area contributed by atoms with Gasteiger partial charge in [-0.05, 0) is 36.6 Å². The lowest BCUT2D eigenvalue weighted by Gasteiger charge is -2.11. The fourth-order valence-corrected chi connectivity index (χ4v) is 2.97. The van der Waals surface area contributed by atoms with Crippen LogP contribution in [0.2, 0.25) is 0 Å². The fourth-order valence-electron chi connectivity index (χ4n) is 2.97. The van der Waals surface area contributed by atoms with Crippen molar-refractivity contribution >= 4 is 34.8 Å². The van der Waals surface area contributed by atoms with Crippen molar-refractivity contribution in [2.45, 2.75) is 25.7 Å². The summed E-state index contributed by atoms with van der Waals surface area (Å²) in [5.41, 5.74) is 3.42. The second kappa shape index (κ2) is 8.41. The van der Waals surface area contributed by atoms with Crippen molar-refractivity contribution in [3.8, 4) is 0 Å². The van der Waals surface area contributed by atoms with Gasteiger partial charge in [0, 0.05) is 24.5 Å². The molecule has 0 unspecified atom stereocenters. The molecule has 1 aromatic carbocycles. The predicted molar refractivity (Wildman–Crippen MR) is 98.4 cm³/mol. The van der Waals surface area contributed by atoms with Crippen molar-refractivity contribution in [2.75, 3.05) is 6.54 Å². The van der Waals surface area contributed by atoms with Crippen molar-refractivity contribution in [1.82, 2.24) is 20.7 Å². The first-order chi connectivity index (χ1) is 13.1. The molecule has 0 aliphatic carbocycles. The van der Waals surface area contributed by atoms with Gasteiger partial charge in [-0.15, -0.1) is 0 Å². The van der Waals surface area contributed by atoms with E-state index in [0.717, 1.165) is 16.5 Å². The number of nitrogens with one attached hydrogen (secondary N) is 2. The Morgan fingerprint density at radius 1 is 1.19 bits per heavy atom. The Balaban J connectivity index is 1.65. The fraction of sp³-hybridized carbons (Fsp3) is 0.263. The number of hydrogen-bond acceptors (Lipinski definition) is 5. The van der Waals surface area contributed by atoms with E-state index in [0.29, 0.717) is 19.3 Å². The minimum absolute atomic E-state index is 0.205. The number of aromatic nitrogens is 1. The maximum Gasteiger partial charge on any atom is 0.329 e. The van der Waals surface area contributed by atoms with Crippen LogP contribution in [-0.2, 0) is 9.59 Å². The molecule has 2 aromatic rings. The smallest absolute Gasteiger partial charge is 0.303 e. The number of hydroxylamine groups is 1. The topological polar surface area (TPSA) is 112 Å². The highest BCUT2D eigenvalue weighted by molar-refractivity contribution is 6.14. The third kappa shape index (κ3) is 4.29. The Kier molecular flexibility index (Phi) is 5.77. The van der Waals surface area contributed by atoms with Crippen LogP contribution >= 0.6 is 0 Å². The van der Waals surface area contributed by atoms with Gasteiger partial charge in [0.2, 0.25) is 5.91 Å². The number of amides is 4. The Labute approximate surface area is 155 Å². The van der Waals surface area contributed by atoms with Gasteiger partial charge in [0.25, 0.3) is 5.91 Å². The largest absolute Gasteiger partial charge is 0.329 e. The SMILES string of the molecule is O=C(CCCCCN1C(=O)N/C(=C\c2cccc3ncccc23)C1=O)NO. The molecule has 1 saturated heterocycles. The second-order valence-electron chi connectivity index (χ2n) is 6.21. The summed E-state index contributed by atoms with van der Waals surface area (Å²) in [7, 11) is 0. The summed E-state index contributed by atoms with van der Waals surface area (Å²) in [6, 6.07) is 8.89. The van der Waals surface area contributed by atoms with Crippen LogP contribution in [0.4, 0.5) is 4.79 Å². The molecule has 0 saturated carbocycles. The summed E-state index contributed by atoms with van der Waals surface area (Å²) < 4.78 is 0. The highest BCUT2D eigenvalue weighted by Crippen LogP contribution is 2.21. The average molecular weight is 368 g/mol. The van der Waals surface area contributed by atoms with E-state index in [1.54, 1.807) is 17.8 Å². The van der Waals surface area contributed by atoms with Crippen LogP contribution in [0.3, 0.4) is 0 Å². The predicted octanol–water partition coefficient (Wildman–Crippen LogP) is 2.19. The van der Waals surface area contributed by atoms with Crippen molar-refractivity contribution in [2.24, 2.45) is 0 Å². The van der Waals surface area contributed by atoms with E-state index in [1.165, 1.54) is 4.90 Å². The van der Waals surface area contributed by atoms with E-state index in [1.807, 2.05) is 30.3 Å². The van der Waals surface area contributed by atoms with Crippen molar-refractivity contribution in [3.63, 3.8) is 0 Å². The zero-order valence-electron chi connectivity index (χ0n) is 14.6. The standard InChI is InChI=1S/C19H20N4O4/c24-17(22-27)9-2-1-3-11-23-18(25)16(21-19(23)26)12-13-6-4-8-15-14(13)7-5-10-20-15/h4-8,10,12,27H,1-3,9,11H2,(H,21,26)(H,22,24)/b16-12-. The van der Waals surface area contributed by atoms with Gasteiger partial charge in [-0.25, -0.2) is 10.3 Å². The quantitative estimate of drug-likeness (QED) is 0.228. The summed E-state index contributed by atoms with van der Waals surface area (Å²) in [4.78, 5) is 41.0. The van der Waals surface area contributed by atoms with Crippen LogP contribution in [0, 0.1) is 0 Å². The highest BCUT2D eigenvalue weighted by Gasteiger charge is 2.32. The first kappa shape index (κ1) is 18.5. The third-order valence-corrected chi connectivity index (χ3v) is 4.35. The first-order valence-electron chi connectivity index (χ1n) is 8.71. The molecule has 8 heteroatoms. The maximum atomic E-state index is 12.5. The Morgan fingerprint density at radius 3 is 2.85 bits per heavy atom. The van der Waals surface area contributed by atoms with Gasteiger partial charge in [0.15, 0.2) is 0 Å². The summed E-state index contributed by atoms with van der Waals surface area (Å²) in [6.07, 6.45) is 5.39. The summed E-state index contributed by atoms with van der Waals surface area (Å²) in [5, 5.41) is 11.9. The Bertz CT molecular complexity index is 904. The van der Waals surface area contributed by atoms with Gasteiger partial charge < -0.3 is 5.32 Å². The van der Waals surface area contributed by atoms with Crippen LogP contribution in [-0.4, -0.2) is 39.5 Å². The number of fused-ring (bicyclic) bond motifs is 1. The molecule has 27 heavy (non-hydrogen) atoms. The van der Waals surface area contributed by atoms with Gasteiger partial charge >= 0.3 is 6.03 Å². The molecule has 3 rings (SSSR count). The zero-order valence-corrected chi connectivity index (χ0v) is 14.6. The minimum atomic E-state index is -0.447. The van der Waals surface area contributed by atoms with Gasteiger partial charge in [-0.1, -0.05) is 24.6 Å². The van der Waals surface area contributed by atoms with Gasteiger partial charge in [0.05, 0.1) is 5.52 Å². The van der Waals surface area contributed by atoms with Crippen molar-refractivity contribution in [1.29, 1.82) is 0 Å². The van der Waals surface area contributed by atoms with Gasteiger partial charge in [0.1, 0.15) is 5.70 Å². The van der Waals surface area contributed by atoms with E-state index in [2.05, 4.69) is 10.3 Å². The number of benzene rings is 1. The average Bonchev–Trinajstić information content (AvgIpc) is 2.95. The number of pyridine rings is 1. The molecule has 1 aliphatic rings. The van der Waals surface area contributed by atoms with Crippen LogP contribution in [0.25, 0.3) is 17.0 Å². The lowest BCUT2D eigenvalue weighted by Crippen LogP contribution is -2.31. The molecule has 0 atom stereocenters. The highest BCUT2D eigenvalue weighted by atomic mass is 16.5. The van der Waals surface area contributed by atoms with E-state index in [4.69, 9.17) is 5.21 Å². The summed E-state index contributed by atoms with van der Waals surface area (Å²) in [5.74, 6) is -0.811. The van der Waals surface area contributed by atoms with Crippen LogP contribution in [0.5, 0.6) is 0 Å². The van der Waals surface area contributed by atoms with E-state index in [-0.39, 0.29) is 24.6 Å². The molecule has 1 aliphatic heterocycles. The summed E-state index contributed by atoms with van der Waals surface area (Å²) >= 11 is 0. The molecular weight excluding hydrogens is 348 g/mol. The van der Waals surface area contributed by atoms with Crippen molar-refractivity contribution in [3.05, 3.63) is 47.8 Å². The van der Waals surface area contributed by atoms with Gasteiger partial charge in [-0.3, -0.25) is 24.7 Å². The third-order valence-electron chi connectivity index (χ3n) is 4.35. The molecule has 2 heterocycles. The van der Waals surface area contributed by atoms with Gasteiger partial charge in [-0.2, -0.15) is 0 Å². The summed E-state index contributed by atoms with van der Waals surface area (Å²) in [6.45, 7) is 0.278. The number of rotatable bonds is 7. The molecule has 3 N–H and O–H groups in total. The number of imide groups is 1. The number of carbonyl (C=O) groups is 3. The van der Waals surface area contributed by atoms with Crippen LogP contribution < -0.4 is 10.8 Å². The second-order valence-corrected chi connectivity index (χ2v) is 6.21. The van der Waals surface area contributed by atoms with E-state index >= 15 is 0 Å². The molecule has 140 valence electrons. The lowest BCUT2D eigenvalue weighted by atomic mass is 10.1. The van der Waals surface area contributed by atoms with Crippen LogP contribution in [0.15, 0.2) is 42.2 Å². The zero-order chi connectivity index (χ0) is 19.2. The molecule has 0 spiro atoms. The molecule has 8 nitrogen and oxygen atoms in total. The van der Waals surface area contributed by atoms with E-state index in [9.17, 15) is 14.4 Å². The molecule has 4 amide bonds. The number of unbranched alkanes of at least 4 members (excludes halogenated alkanes) is 2. The minimum Gasteiger partial charge on any atom is -0.303 e. The Hall–Kier alpha value is -3.26. The van der Waals surface area contributed by atoms with Crippen molar-refractivity contribution < 1.29 is 19.6 Å². The Morgan fingerprint density at radius 2 is 2.04 bits per heavy atom. The molecule has 1 fully saturated rings. The molecule has 0 bridgehead atoms. The normalized spacial score (nSPS) is 15.4. The molecule has 1 aromatic heterocycles. The molecule has 0 radical (unpaired) electrons. The lowest BCUT2D eigenvalue weighted by molar-refractivity contribution is -0.129. The number of nitrogens with zero attached hydrogens (tertiary/aromatic N) is 2. The van der Waals surface area contributed by atoms with Crippen LogP contribution in [0.1, 0.15) is 31.2 Å². The first-order valence-corrected chi connectivity index (χ1v) is 8.71. The number of carbonyl (C=O) groups excluding carboxylic acids is 3. The molecular formula is C19H20N4O4. The van der Waals surface area contributed by atoms with E-state index < -0.39 is 11.9 Å². The number of urea groups is 1. The monoisotopic (exact) mass is 368 g/mol.